The first-order valence-electron chi connectivity index (χ1n) is 5.71. The first-order valence-corrected chi connectivity index (χ1v) is 6.50. The van der Waals surface area contributed by atoms with Crippen LogP contribution in [0, 0.1) is 0 Å². The van der Waals surface area contributed by atoms with Gasteiger partial charge >= 0.3 is 0 Å². The van der Waals surface area contributed by atoms with Crippen molar-refractivity contribution in [1.82, 2.24) is 15.5 Å². The predicted molar refractivity (Wildman–Crippen MR) is 72.3 cm³/mol. The molecule has 0 saturated carbocycles. The van der Waals surface area contributed by atoms with E-state index >= 15 is 0 Å². The Kier molecular flexibility index (Phi) is 2.94. The quantitative estimate of drug-likeness (QED) is 0.870. The monoisotopic (exact) mass is 292 g/mol. The standard InChI is InChI=1S/C12H13BrN4/c13-10-1-2-11-9(7-10)8-15-16-12(11)17-5-3-14-4-6-17/h1-2,7-8,14H,3-6H2. The summed E-state index contributed by atoms with van der Waals surface area (Å²) in [7, 11) is 0. The van der Waals surface area contributed by atoms with Crippen LogP contribution >= 0.6 is 15.9 Å². The second kappa shape index (κ2) is 4.58. The second-order valence-electron chi connectivity index (χ2n) is 4.14. The maximum atomic E-state index is 4.29. The van der Waals surface area contributed by atoms with E-state index in [4.69, 9.17) is 0 Å². The summed E-state index contributed by atoms with van der Waals surface area (Å²) in [6, 6.07) is 6.23. The number of nitrogens with zero attached hydrogens (tertiary/aromatic N) is 3. The lowest BCUT2D eigenvalue weighted by Gasteiger charge is -2.28. The first-order chi connectivity index (χ1) is 8.34. The zero-order valence-corrected chi connectivity index (χ0v) is 10.9. The molecule has 1 aromatic heterocycles. The maximum absolute atomic E-state index is 4.29. The van der Waals surface area contributed by atoms with Gasteiger partial charge in [0, 0.05) is 41.4 Å². The summed E-state index contributed by atoms with van der Waals surface area (Å²) in [5, 5.41) is 14.0. The Morgan fingerprint density at radius 2 is 2.06 bits per heavy atom. The highest BCUT2D eigenvalue weighted by molar-refractivity contribution is 9.10. The number of fused-ring (bicyclic) bond motifs is 1. The third-order valence-corrected chi connectivity index (χ3v) is 3.51. The molecular weight excluding hydrogens is 280 g/mol. The molecule has 0 radical (unpaired) electrons. The molecule has 1 aromatic carbocycles. The van der Waals surface area contributed by atoms with Gasteiger partial charge in [-0.1, -0.05) is 15.9 Å². The Bertz CT molecular complexity index is 537. The van der Waals surface area contributed by atoms with Crippen molar-refractivity contribution in [1.29, 1.82) is 0 Å². The molecule has 0 bridgehead atoms. The van der Waals surface area contributed by atoms with E-state index in [0.717, 1.165) is 41.9 Å². The highest BCUT2D eigenvalue weighted by atomic mass is 79.9. The van der Waals surface area contributed by atoms with Gasteiger partial charge in [0.05, 0.1) is 6.20 Å². The van der Waals surface area contributed by atoms with Gasteiger partial charge in [-0.3, -0.25) is 0 Å². The summed E-state index contributed by atoms with van der Waals surface area (Å²) in [5.74, 6) is 0.997. The Morgan fingerprint density at radius 3 is 2.88 bits per heavy atom. The van der Waals surface area contributed by atoms with Crippen molar-refractivity contribution in [3.63, 3.8) is 0 Å². The van der Waals surface area contributed by atoms with Gasteiger partial charge in [0.25, 0.3) is 0 Å². The average Bonchev–Trinajstić information content (AvgIpc) is 2.39. The molecule has 1 saturated heterocycles. The SMILES string of the molecule is Brc1ccc2c(N3CCNCC3)nncc2c1. The molecule has 0 aliphatic carbocycles. The van der Waals surface area contributed by atoms with Crippen molar-refractivity contribution in [2.75, 3.05) is 31.1 Å². The zero-order valence-electron chi connectivity index (χ0n) is 9.36. The van der Waals surface area contributed by atoms with Crippen LogP contribution in [0.15, 0.2) is 28.9 Å². The zero-order chi connectivity index (χ0) is 11.7. The minimum Gasteiger partial charge on any atom is -0.352 e. The summed E-state index contributed by atoms with van der Waals surface area (Å²) in [6.45, 7) is 4.00. The fraction of sp³-hybridized carbons (Fsp3) is 0.333. The number of benzene rings is 1. The van der Waals surface area contributed by atoms with Gasteiger partial charge in [0.2, 0.25) is 0 Å². The van der Waals surface area contributed by atoms with Gasteiger partial charge in [-0.2, -0.15) is 5.10 Å². The third kappa shape index (κ3) is 2.12. The van der Waals surface area contributed by atoms with Crippen molar-refractivity contribution < 1.29 is 0 Å². The number of anilines is 1. The summed E-state index contributed by atoms with van der Waals surface area (Å²) in [4.78, 5) is 2.29. The van der Waals surface area contributed by atoms with E-state index in [1.54, 1.807) is 0 Å². The van der Waals surface area contributed by atoms with E-state index in [1.165, 1.54) is 5.39 Å². The molecule has 4 nitrogen and oxygen atoms in total. The minimum absolute atomic E-state index is 0.990. The number of aromatic nitrogens is 2. The molecule has 3 rings (SSSR count). The van der Waals surface area contributed by atoms with Crippen LogP contribution in [-0.4, -0.2) is 36.4 Å². The number of rotatable bonds is 1. The fourth-order valence-electron chi connectivity index (χ4n) is 2.15. The molecule has 0 amide bonds. The van der Waals surface area contributed by atoms with E-state index < -0.39 is 0 Å². The van der Waals surface area contributed by atoms with Crippen LogP contribution in [0.3, 0.4) is 0 Å². The highest BCUT2D eigenvalue weighted by Gasteiger charge is 2.14. The Morgan fingerprint density at radius 1 is 1.24 bits per heavy atom. The second-order valence-corrected chi connectivity index (χ2v) is 5.05. The predicted octanol–water partition coefficient (Wildman–Crippen LogP) is 1.80. The van der Waals surface area contributed by atoms with Crippen LogP contribution < -0.4 is 10.2 Å². The lowest BCUT2D eigenvalue weighted by atomic mass is 10.2. The van der Waals surface area contributed by atoms with Gasteiger partial charge in [-0.25, -0.2) is 0 Å². The Hall–Kier alpha value is -1.20. The summed E-state index contributed by atoms with van der Waals surface area (Å²) in [6.07, 6.45) is 1.81. The lowest BCUT2D eigenvalue weighted by Crippen LogP contribution is -2.44. The van der Waals surface area contributed by atoms with Crippen molar-refractivity contribution in [3.8, 4) is 0 Å². The van der Waals surface area contributed by atoms with E-state index in [0.29, 0.717) is 0 Å². The molecule has 88 valence electrons. The van der Waals surface area contributed by atoms with Gasteiger partial charge in [-0.15, -0.1) is 5.10 Å². The van der Waals surface area contributed by atoms with Crippen LogP contribution in [-0.2, 0) is 0 Å². The largest absolute Gasteiger partial charge is 0.352 e. The molecule has 1 fully saturated rings. The van der Waals surface area contributed by atoms with E-state index in [2.05, 4.69) is 54.5 Å². The number of piperazine rings is 1. The number of halogens is 1. The van der Waals surface area contributed by atoms with Gasteiger partial charge in [0.15, 0.2) is 5.82 Å². The van der Waals surface area contributed by atoms with Crippen molar-refractivity contribution in [3.05, 3.63) is 28.9 Å². The van der Waals surface area contributed by atoms with Crippen LogP contribution in [0.4, 0.5) is 5.82 Å². The number of hydrogen-bond acceptors (Lipinski definition) is 4. The van der Waals surface area contributed by atoms with Crippen LogP contribution in [0.5, 0.6) is 0 Å². The molecule has 0 atom stereocenters. The molecular formula is C12H13BrN4. The van der Waals surface area contributed by atoms with Crippen molar-refractivity contribution in [2.45, 2.75) is 0 Å². The molecule has 17 heavy (non-hydrogen) atoms. The summed E-state index contributed by atoms with van der Waals surface area (Å²) in [5.41, 5.74) is 0. The molecule has 0 spiro atoms. The first kappa shape index (κ1) is 10.9. The van der Waals surface area contributed by atoms with Gasteiger partial charge in [-0.05, 0) is 18.2 Å². The van der Waals surface area contributed by atoms with Crippen LogP contribution in [0.25, 0.3) is 10.8 Å². The average molecular weight is 293 g/mol. The molecule has 1 aliphatic heterocycles. The maximum Gasteiger partial charge on any atom is 0.159 e. The molecule has 0 unspecified atom stereocenters. The smallest absolute Gasteiger partial charge is 0.159 e. The van der Waals surface area contributed by atoms with Gasteiger partial charge in [0.1, 0.15) is 0 Å². The Labute approximate surface area is 108 Å². The van der Waals surface area contributed by atoms with Crippen molar-refractivity contribution in [2.24, 2.45) is 0 Å². The molecule has 2 aromatic rings. The molecule has 1 N–H and O–H groups in total. The Balaban J connectivity index is 2.09. The normalized spacial score (nSPS) is 16.4. The third-order valence-electron chi connectivity index (χ3n) is 3.02. The summed E-state index contributed by atoms with van der Waals surface area (Å²) >= 11 is 3.48. The molecule has 2 heterocycles. The highest BCUT2D eigenvalue weighted by Crippen LogP contribution is 2.26. The van der Waals surface area contributed by atoms with E-state index in [-0.39, 0.29) is 0 Å². The van der Waals surface area contributed by atoms with Crippen LogP contribution in [0.1, 0.15) is 0 Å². The molecule has 5 heteroatoms. The van der Waals surface area contributed by atoms with E-state index in [9.17, 15) is 0 Å². The number of hydrogen-bond donors (Lipinski definition) is 1. The summed E-state index contributed by atoms with van der Waals surface area (Å²) < 4.78 is 1.07. The van der Waals surface area contributed by atoms with Gasteiger partial charge < -0.3 is 10.2 Å². The van der Waals surface area contributed by atoms with E-state index in [1.807, 2.05) is 6.20 Å². The topological polar surface area (TPSA) is 41.0 Å². The lowest BCUT2D eigenvalue weighted by molar-refractivity contribution is 0.584. The fourth-order valence-corrected chi connectivity index (χ4v) is 2.53. The minimum atomic E-state index is 0.990. The molecule has 1 aliphatic rings. The number of nitrogens with one attached hydrogen (secondary N) is 1. The van der Waals surface area contributed by atoms with Crippen molar-refractivity contribution >= 4 is 32.5 Å². The van der Waals surface area contributed by atoms with Crippen LogP contribution in [0.2, 0.25) is 0 Å².